The van der Waals surface area contributed by atoms with Crippen molar-refractivity contribution in [1.29, 1.82) is 0 Å². The minimum absolute atomic E-state index is 0.762. The SMILES string of the molecule is COc1ccccc1Nc1cccc(C)c1N. The summed E-state index contributed by atoms with van der Waals surface area (Å²) in [5.41, 5.74) is 9.65. The molecule has 17 heavy (non-hydrogen) atoms. The van der Waals surface area contributed by atoms with Gasteiger partial charge in [0.05, 0.1) is 24.2 Å². The van der Waals surface area contributed by atoms with Gasteiger partial charge in [-0.05, 0) is 30.7 Å². The average molecular weight is 228 g/mol. The molecule has 3 nitrogen and oxygen atoms in total. The zero-order valence-corrected chi connectivity index (χ0v) is 10.0. The molecule has 2 rings (SSSR count). The zero-order valence-electron chi connectivity index (χ0n) is 10.0. The maximum absolute atomic E-state index is 6.02. The van der Waals surface area contributed by atoms with Gasteiger partial charge >= 0.3 is 0 Å². The van der Waals surface area contributed by atoms with Gasteiger partial charge in [-0.25, -0.2) is 0 Å². The molecule has 0 amide bonds. The molecule has 3 N–H and O–H groups in total. The first-order valence-corrected chi connectivity index (χ1v) is 5.47. The molecule has 0 aromatic heterocycles. The Morgan fingerprint density at radius 2 is 1.71 bits per heavy atom. The van der Waals surface area contributed by atoms with Gasteiger partial charge in [0.2, 0.25) is 0 Å². The Kier molecular flexibility index (Phi) is 3.19. The van der Waals surface area contributed by atoms with Crippen LogP contribution >= 0.6 is 0 Å². The van der Waals surface area contributed by atoms with Crippen molar-refractivity contribution < 1.29 is 4.74 Å². The molecule has 0 bridgehead atoms. The van der Waals surface area contributed by atoms with Crippen LogP contribution in [0.2, 0.25) is 0 Å². The molecule has 2 aromatic rings. The number of aryl methyl sites for hydroxylation is 1. The summed E-state index contributed by atoms with van der Waals surface area (Å²) in [6.07, 6.45) is 0. The second kappa shape index (κ2) is 4.78. The monoisotopic (exact) mass is 228 g/mol. The largest absolute Gasteiger partial charge is 0.495 e. The van der Waals surface area contributed by atoms with Gasteiger partial charge in [-0.2, -0.15) is 0 Å². The van der Waals surface area contributed by atoms with Crippen LogP contribution in [0.25, 0.3) is 0 Å². The third kappa shape index (κ3) is 2.33. The lowest BCUT2D eigenvalue weighted by Crippen LogP contribution is -1.99. The summed E-state index contributed by atoms with van der Waals surface area (Å²) in [5.74, 6) is 0.799. The summed E-state index contributed by atoms with van der Waals surface area (Å²) < 4.78 is 5.28. The van der Waals surface area contributed by atoms with Crippen molar-refractivity contribution in [3.05, 3.63) is 48.0 Å². The molecule has 0 saturated heterocycles. The smallest absolute Gasteiger partial charge is 0.142 e. The highest BCUT2D eigenvalue weighted by Gasteiger charge is 2.05. The van der Waals surface area contributed by atoms with Gasteiger partial charge in [-0.3, -0.25) is 0 Å². The number of rotatable bonds is 3. The lowest BCUT2D eigenvalue weighted by molar-refractivity contribution is 0.417. The van der Waals surface area contributed by atoms with E-state index in [2.05, 4.69) is 5.32 Å². The Balaban J connectivity index is 2.35. The maximum atomic E-state index is 6.02. The van der Waals surface area contributed by atoms with Crippen LogP contribution in [-0.2, 0) is 0 Å². The molecular weight excluding hydrogens is 212 g/mol. The number of nitrogens with one attached hydrogen (secondary N) is 1. The molecule has 0 aliphatic rings. The van der Waals surface area contributed by atoms with Crippen LogP contribution in [0.1, 0.15) is 5.56 Å². The minimum Gasteiger partial charge on any atom is -0.495 e. The first kappa shape index (κ1) is 11.3. The van der Waals surface area contributed by atoms with Gasteiger partial charge in [0.1, 0.15) is 5.75 Å². The molecule has 0 aliphatic heterocycles. The molecule has 0 radical (unpaired) electrons. The first-order chi connectivity index (χ1) is 8.22. The van der Waals surface area contributed by atoms with E-state index in [-0.39, 0.29) is 0 Å². The highest BCUT2D eigenvalue weighted by Crippen LogP contribution is 2.30. The number of anilines is 3. The minimum atomic E-state index is 0.762. The van der Waals surface area contributed by atoms with Crippen LogP contribution in [-0.4, -0.2) is 7.11 Å². The van der Waals surface area contributed by atoms with E-state index in [9.17, 15) is 0 Å². The summed E-state index contributed by atoms with van der Waals surface area (Å²) >= 11 is 0. The van der Waals surface area contributed by atoms with Crippen LogP contribution in [0.5, 0.6) is 5.75 Å². The Morgan fingerprint density at radius 3 is 2.47 bits per heavy atom. The number of ether oxygens (including phenoxy) is 1. The van der Waals surface area contributed by atoms with Crippen molar-refractivity contribution in [2.24, 2.45) is 0 Å². The first-order valence-electron chi connectivity index (χ1n) is 5.47. The Labute approximate surface area is 101 Å². The number of nitrogens with two attached hydrogens (primary N) is 1. The number of benzene rings is 2. The highest BCUT2D eigenvalue weighted by atomic mass is 16.5. The van der Waals surface area contributed by atoms with Crippen molar-refractivity contribution in [2.75, 3.05) is 18.2 Å². The molecule has 0 unspecified atom stereocenters. The molecule has 0 aliphatic carbocycles. The van der Waals surface area contributed by atoms with Gasteiger partial charge in [0.15, 0.2) is 0 Å². The van der Waals surface area contributed by atoms with Crippen molar-refractivity contribution in [2.45, 2.75) is 6.92 Å². The van der Waals surface area contributed by atoms with Gasteiger partial charge in [0, 0.05) is 0 Å². The quantitative estimate of drug-likeness (QED) is 0.792. The molecule has 3 heteroatoms. The molecule has 88 valence electrons. The van der Waals surface area contributed by atoms with Gasteiger partial charge < -0.3 is 15.8 Å². The van der Waals surface area contributed by atoms with E-state index in [1.54, 1.807) is 7.11 Å². The molecule has 2 aromatic carbocycles. The van der Waals surface area contributed by atoms with E-state index in [1.165, 1.54) is 0 Å². The normalized spacial score (nSPS) is 10.0. The highest BCUT2D eigenvalue weighted by molar-refractivity contribution is 5.77. The predicted molar refractivity (Wildman–Crippen MR) is 71.9 cm³/mol. The standard InChI is InChI=1S/C14H16N2O/c1-10-6-5-8-12(14(10)15)16-11-7-3-4-9-13(11)17-2/h3-9,16H,15H2,1-2H3. The van der Waals surface area contributed by atoms with Crippen LogP contribution in [0, 0.1) is 6.92 Å². The van der Waals surface area contributed by atoms with Gasteiger partial charge in [-0.1, -0.05) is 24.3 Å². The van der Waals surface area contributed by atoms with Crippen molar-refractivity contribution >= 4 is 17.1 Å². The molecule has 0 fully saturated rings. The maximum Gasteiger partial charge on any atom is 0.142 e. The van der Waals surface area contributed by atoms with Crippen LogP contribution in [0.3, 0.4) is 0 Å². The van der Waals surface area contributed by atoms with Crippen molar-refractivity contribution in [1.82, 2.24) is 0 Å². The molecule has 0 heterocycles. The number of para-hydroxylation sites is 3. The van der Waals surface area contributed by atoms with Crippen LogP contribution in [0.15, 0.2) is 42.5 Å². The van der Waals surface area contributed by atoms with E-state index in [0.29, 0.717) is 0 Å². The predicted octanol–water partition coefficient (Wildman–Crippen LogP) is 3.33. The summed E-state index contributed by atoms with van der Waals surface area (Å²) in [5, 5.41) is 3.28. The second-order valence-electron chi connectivity index (χ2n) is 3.86. The van der Waals surface area contributed by atoms with Crippen LogP contribution < -0.4 is 15.8 Å². The number of nitrogen functional groups attached to an aromatic ring is 1. The summed E-state index contributed by atoms with van der Waals surface area (Å²) in [4.78, 5) is 0. The summed E-state index contributed by atoms with van der Waals surface area (Å²) in [6.45, 7) is 1.99. The summed E-state index contributed by atoms with van der Waals surface area (Å²) in [6, 6.07) is 13.7. The summed E-state index contributed by atoms with van der Waals surface area (Å²) in [7, 11) is 1.65. The third-order valence-electron chi connectivity index (χ3n) is 2.70. The third-order valence-corrected chi connectivity index (χ3v) is 2.70. The Morgan fingerprint density at radius 1 is 1.00 bits per heavy atom. The van der Waals surface area contributed by atoms with E-state index in [4.69, 9.17) is 10.5 Å². The van der Waals surface area contributed by atoms with Crippen molar-refractivity contribution in [3.63, 3.8) is 0 Å². The van der Waals surface area contributed by atoms with Crippen molar-refractivity contribution in [3.8, 4) is 5.75 Å². The topological polar surface area (TPSA) is 47.3 Å². The lowest BCUT2D eigenvalue weighted by atomic mass is 10.1. The number of methoxy groups -OCH3 is 1. The van der Waals surface area contributed by atoms with E-state index in [0.717, 1.165) is 28.4 Å². The average Bonchev–Trinajstić information content (AvgIpc) is 2.35. The fourth-order valence-corrected chi connectivity index (χ4v) is 1.68. The molecule has 0 spiro atoms. The Bertz CT molecular complexity index is 523. The van der Waals surface area contributed by atoms with E-state index >= 15 is 0 Å². The lowest BCUT2D eigenvalue weighted by Gasteiger charge is -2.13. The number of hydrogen-bond donors (Lipinski definition) is 2. The van der Waals surface area contributed by atoms with E-state index in [1.807, 2.05) is 49.4 Å². The number of hydrogen-bond acceptors (Lipinski definition) is 3. The second-order valence-corrected chi connectivity index (χ2v) is 3.86. The molecule has 0 saturated carbocycles. The van der Waals surface area contributed by atoms with Gasteiger partial charge in [0.25, 0.3) is 0 Å². The van der Waals surface area contributed by atoms with E-state index < -0.39 is 0 Å². The fourth-order valence-electron chi connectivity index (χ4n) is 1.68. The molecule has 0 atom stereocenters. The molecular formula is C14H16N2O. The fraction of sp³-hybridized carbons (Fsp3) is 0.143. The van der Waals surface area contributed by atoms with Gasteiger partial charge in [-0.15, -0.1) is 0 Å². The van der Waals surface area contributed by atoms with Crippen LogP contribution in [0.4, 0.5) is 17.1 Å². The zero-order chi connectivity index (χ0) is 12.3. The Hall–Kier alpha value is -2.16.